The fourth-order valence-corrected chi connectivity index (χ4v) is 1.49. The van der Waals surface area contributed by atoms with Gasteiger partial charge >= 0.3 is 5.97 Å². The summed E-state index contributed by atoms with van der Waals surface area (Å²) in [4.78, 5) is 14.9. The van der Waals surface area contributed by atoms with Crippen molar-refractivity contribution >= 4 is 17.5 Å². The number of carbonyl (C=O) groups is 1. The van der Waals surface area contributed by atoms with Gasteiger partial charge in [-0.1, -0.05) is 0 Å². The van der Waals surface area contributed by atoms with Crippen molar-refractivity contribution in [3.05, 3.63) is 24.4 Å². The Kier molecular flexibility index (Phi) is 1.82. The summed E-state index contributed by atoms with van der Waals surface area (Å²) in [6.45, 7) is 0. The van der Waals surface area contributed by atoms with Crippen molar-refractivity contribution < 1.29 is 14.3 Å². The molecule has 0 atom stereocenters. The third-order valence-electron chi connectivity index (χ3n) is 1.43. The van der Waals surface area contributed by atoms with Crippen molar-refractivity contribution in [2.24, 2.45) is 0 Å². The molecular formula is C7H4N2O3S. The normalized spacial score (nSPS) is 10.2. The second-order valence-corrected chi connectivity index (χ2v) is 3.05. The fourth-order valence-electron chi connectivity index (χ4n) is 0.906. The summed E-state index contributed by atoms with van der Waals surface area (Å²) in [6, 6.07) is 1.68. The van der Waals surface area contributed by atoms with Crippen LogP contribution in [0.4, 0.5) is 0 Å². The highest BCUT2D eigenvalue weighted by Gasteiger charge is 2.17. The number of oxazole rings is 1. The van der Waals surface area contributed by atoms with Gasteiger partial charge in [0.15, 0.2) is 17.8 Å². The molecule has 66 valence electrons. The van der Waals surface area contributed by atoms with Gasteiger partial charge in [0.25, 0.3) is 0 Å². The van der Waals surface area contributed by atoms with E-state index < -0.39 is 5.97 Å². The zero-order chi connectivity index (χ0) is 9.26. The Morgan fingerprint density at radius 2 is 2.46 bits per heavy atom. The van der Waals surface area contributed by atoms with Crippen LogP contribution in [-0.2, 0) is 0 Å². The molecular weight excluding hydrogens is 192 g/mol. The van der Waals surface area contributed by atoms with Crippen molar-refractivity contribution in [1.29, 1.82) is 0 Å². The van der Waals surface area contributed by atoms with Crippen LogP contribution in [0.3, 0.4) is 0 Å². The van der Waals surface area contributed by atoms with E-state index in [0.29, 0.717) is 4.88 Å². The summed E-state index contributed by atoms with van der Waals surface area (Å²) in [5.74, 6) is -0.841. The maximum atomic E-state index is 10.6. The first-order valence-corrected chi connectivity index (χ1v) is 4.14. The Labute approximate surface area is 76.8 Å². The SMILES string of the molecule is O=C(O)c1ncoc1-c1ccns1. The third-order valence-corrected chi connectivity index (χ3v) is 2.18. The molecule has 0 aliphatic heterocycles. The molecule has 0 unspecified atom stereocenters. The number of aromatic nitrogens is 2. The van der Waals surface area contributed by atoms with Gasteiger partial charge in [-0.2, -0.15) is 0 Å². The van der Waals surface area contributed by atoms with Gasteiger partial charge in [0.05, 0.1) is 4.88 Å². The fraction of sp³-hybridized carbons (Fsp3) is 0. The Hall–Kier alpha value is -1.69. The van der Waals surface area contributed by atoms with Crippen LogP contribution in [0, 0.1) is 0 Å². The van der Waals surface area contributed by atoms with Crippen LogP contribution in [0.2, 0.25) is 0 Å². The van der Waals surface area contributed by atoms with Gasteiger partial charge < -0.3 is 9.52 Å². The predicted octanol–water partition coefficient (Wildman–Crippen LogP) is 1.50. The lowest BCUT2D eigenvalue weighted by Crippen LogP contribution is -1.97. The van der Waals surface area contributed by atoms with Crippen molar-refractivity contribution in [2.75, 3.05) is 0 Å². The molecule has 13 heavy (non-hydrogen) atoms. The second kappa shape index (κ2) is 2.98. The molecule has 2 heterocycles. The smallest absolute Gasteiger partial charge is 0.358 e. The first kappa shape index (κ1) is 7.93. The van der Waals surface area contributed by atoms with Gasteiger partial charge in [-0.05, 0) is 17.6 Å². The quantitative estimate of drug-likeness (QED) is 0.787. The molecule has 0 saturated heterocycles. The molecule has 0 fully saturated rings. The lowest BCUT2D eigenvalue weighted by atomic mass is 10.3. The number of carboxylic acids is 1. The summed E-state index contributed by atoms with van der Waals surface area (Å²) in [5, 5.41) is 8.72. The maximum Gasteiger partial charge on any atom is 0.358 e. The van der Waals surface area contributed by atoms with Crippen LogP contribution in [0.5, 0.6) is 0 Å². The van der Waals surface area contributed by atoms with Gasteiger partial charge in [-0.15, -0.1) is 0 Å². The van der Waals surface area contributed by atoms with E-state index in [1.807, 2.05) is 0 Å². The number of hydrogen-bond acceptors (Lipinski definition) is 5. The number of hydrogen-bond donors (Lipinski definition) is 1. The molecule has 6 heteroatoms. The van der Waals surface area contributed by atoms with Crippen LogP contribution in [0.1, 0.15) is 10.5 Å². The predicted molar refractivity (Wildman–Crippen MR) is 44.6 cm³/mol. The maximum absolute atomic E-state index is 10.6. The minimum absolute atomic E-state index is 0.0794. The van der Waals surface area contributed by atoms with Gasteiger partial charge in [-0.25, -0.2) is 14.2 Å². The summed E-state index contributed by atoms with van der Waals surface area (Å²) >= 11 is 1.17. The van der Waals surface area contributed by atoms with E-state index in [1.165, 1.54) is 11.5 Å². The van der Waals surface area contributed by atoms with E-state index in [1.54, 1.807) is 12.3 Å². The lowest BCUT2D eigenvalue weighted by molar-refractivity contribution is 0.0691. The molecule has 0 aliphatic carbocycles. The van der Waals surface area contributed by atoms with E-state index in [9.17, 15) is 4.79 Å². The van der Waals surface area contributed by atoms with E-state index in [0.717, 1.165) is 6.39 Å². The van der Waals surface area contributed by atoms with Crippen LogP contribution in [0.25, 0.3) is 10.6 Å². The Bertz CT molecular complexity index is 421. The number of carboxylic acid groups (broad SMARTS) is 1. The second-order valence-electron chi connectivity index (χ2n) is 2.21. The molecule has 0 amide bonds. The average molecular weight is 196 g/mol. The summed E-state index contributed by atoms with van der Waals surface area (Å²) in [6.07, 6.45) is 2.69. The van der Waals surface area contributed by atoms with E-state index in [-0.39, 0.29) is 11.5 Å². The molecule has 2 rings (SSSR count). The van der Waals surface area contributed by atoms with Crippen molar-refractivity contribution in [3.8, 4) is 10.6 Å². The summed E-state index contributed by atoms with van der Waals surface area (Å²) in [5.41, 5.74) is -0.0794. The molecule has 5 nitrogen and oxygen atoms in total. The van der Waals surface area contributed by atoms with E-state index >= 15 is 0 Å². The Balaban J connectivity index is 2.52. The number of aromatic carboxylic acids is 1. The molecule has 2 aromatic heterocycles. The molecule has 0 aromatic carbocycles. The van der Waals surface area contributed by atoms with Crippen LogP contribution >= 0.6 is 11.5 Å². The number of rotatable bonds is 2. The van der Waals surface area contributed by atoms with Crippen LogP contribution in [-0.4, -0.2) is 20.4 Å². The Morgan fingerprint density at radius 3 is 3.08 bits per heavy atom. The highest BCUT2D eigenvalue weighted by atomic mass is 32.1. The highest BCUT2D eigenvalue weighted by molar-refractivity contribution is 7.09. The van der Waals surface area contributed by atoms with Gasteiger partial charge in [-0.3, -0.25) is 0 Å². The Morgan fingerprint density at radius 1 is 1.62 bits per heavy atom. The molecule has 0 radical (unpaired) electrons. The number of nitrogens with zero attached hydrogens (tertiary/aromatic N) is 2. The molecule has 1 N–H and O–H groups in total. The monoisotopic (exact) mass is 196 g/mol. The van der Waals surface area contributed by atoms with Crippen molar-refractivity contribution in [1.82, 2.24) is 9.36 Å². The average Bonchev–Trinajstić information content (AvgIpc) is 2.74. The molecule has 0 bridgehead atoms. The first-order chi connectivity index (χ1) is 6.29. The zero-order valence-electron chi connectivity index (χ0n) is 6.30. The van der Waals surface area contributed by atoms with Crippen molar-refractivity contribution in [3.63, 3.8) is 0 Å². The lowest BCUT2D eigenvalue weighted by Gasteiger charge is -1.89. The van der Waals surface area contributed by atoms with E-state index in [4.69, 9.17) is 9.52 Å². The zero-order valence-corrected chi connectivity index (χ0v) is 7.11. The van der Waals surface area contributed by atoms with Gasteiger partial charge in [0.1, 0.15) is 0 Å². The van der Waals surface area contributed by atoms with Crippen LogP contribution < -0.4 is 0 Å². The molecule has 0 spiro atoms. The standard InChI is InChI=1S/C7H4N2O3S/c10-7(11)5-6(12-3-8-5)4-1-2-9-13-4/h1-3H,(H,10,11). The minimum Gasteiger partial charge on any atom is -0.476 e. The summed E-state index contributed by atoms with van der Waals surface area (Å²) in [7, 11) is 0. The topological polar surface area (TPSA) is 76.2 Å². The van der Waals surface area contributed by atoms with E-state index in [2.05, 4.69) is 9.36 Å². The molecule has 0 saturated carbocycles. The molecule has 0 aliphatic rings. The molecule has 2 aromatic rings. The van der Waals surface area contributed by atoms with Gasteiger partial charge in [0.2, 0.25) is 0 Å². The summed E-state index contributed by atoms with van der Waals surface area (Å²) < 4.78 is 8.79. The highest BCUT2D eigenvalue weighted by Crippen LogP contribution is 2.25. The third kappa shape index (κ3) is 1.31. The van der Waals surface area contributed by atoms with Crippen LogP contribution in [0.15, 0.2) is 23.1 Å². The van der Waals surface area contributed by atoms with Gasteiger partial charge in [0, 0.05) is 6.20 Å². The minimum atomic E-state index is -1.10. The van der Waals surface area contributed by atoms with Crippen molar-refractivity contribution in [2.45, 2.75) is 0 Å². The first-order valence-electron chi connectivity index (χ1n) is 3.37. The largest absolute Gasteiger partial charge is 0.476 e.